The van der Waals surface area contributed by atoms with Gasteiger partial charge in [-0.05, 0) is 26.2 Å². The Kier molecular flexibility index (Phi) is 19.0. The second-order valence-electron chi connectivity index (χ2n) is 11.9. The monoisotopic (exact) mass is 662 g/mol. The number of aliphatic hydroxyl groups is 5. The highest BCUT2D eigenvalue weighted by atomic mass is 16.8. The van der Waals surface area contributed by atoms with Crippen molar-refractivity contribution in [3.05, 3.63) is 12.2 Å². The van der Waals surface area contributed by atoms with Gasteiger partial charge in [-0.3, -0.25) is 9.59 Å². The Labute approximate surface area is 270 Å². The minimum Gasteiger partial charge on any atom is -0.463 e. The van der Waals surface area contributed by atoms with E-state index in [-0.39, 0.29) is 6.61 Å². The maximum absolute atomic E-state index is 11.4. The van der Waals surface area contributed by atoms with Crippen LogP contribution in [0.4, 0.5) is 0 Å². The van der Waals surface area contributed by atoms with Crippen LogP contribution in [0.15, 0.2) is 12.2 Å². The smallest absolute Gasteiger partial charge is 0.302 e. The normalized spacial score (nSPS) is 32.3. The zero-order chi connectivity index (χ0) is 34.1. The summed E-state index contributed by atoms with van der Waals surface area (Å²) in [6, 6.07) is 0. The van der Waals surface area contributed by atoms with E-state index in [4.69, 9.17) is 28.4 Å². The van der Waals surface area contributed by atoms with Crippen molar-refractivity contribution in [3.63, 3.8) is 0 Å². The molecule has 14 nitrogen and oxygen atoms in total. The van der Waals surface area contributed by atoms with Crippen LogP contribution in [0.5, 0.6) is 0 Å². The molecule has 11 atom stereocenters. The fraction of sp³-hybridized carbons (Fsp3) is 0.844. The molecule has 0 amide bonds. The number of unbranched alkanes of at least 4 members (excludes halogenated alkanes) is 10. The van der Waals surface area contributed by atoms with Crippen molar-refractivity contribution >= 4 is 18.2 Å². The first kappa shape index (κ1) is 40.2. The van der Waals surface area contributed by atoms with E-state index in [9.17, 15) is 39.9 Å². The Morgan fingerprint density at radius 2 is 1.15 bits per heavy atom. The van der Waals surface area contributed by atoms with Gasteiger partial charge < -0.3 is 58.7 Å². The van der Waals surface area contributed by atoms with E-state index in [2.05, 4.69) is 0 Å². The van der Waals surface area contributed by atoms with Gasteiger partial charge in [0.25, 0.3) is 0 Å². The summed E-state index contributed by atoms with van der Waals surface area (Å²) in [6.07, 6.45) is 0.489. The lowest BCUT2D eigenvalue weighted by atomic mass is 9.97. The molecule has 266 valence electrons. The lowest BCUT2D eigenvalue weighted by Gasteiger charge is -2.46. The van der Waals surface area contributed by atoms with Gasteiger partial charge in [-0.2, -0.15) is 0 Å². The second kappa shape index (κ2) is 21.8. The molecule has 2 fully saturated rings. The fourth-order valence-corrected chi connectivity index (χ4v) is 5.29. The van der Waals surface area contributed by atoms with Gasteiger partial charge in [-0.15, -0.1) is 0 Å². The number of hydrogen-bond acceptors (Lipinski definition) is 14. The van der Waals surface area contributed by atoms with E-state index in [1.807, 2.05) is 12.2 Å². The summed E-state index contributed by atoms with van der Waals surface area (Å²) in [7, 11) is 0. The Hall–Kier alpha value is -2.01. The average Bonchev–Trinajstić information content (AvgIpc) is 3.01. The zero-order valence-electron chi connectivity index (χ0n) is 27.2. The topological polar surface area (TPSA) is 208 Å². The molecule has 0 saturated carbocycles. The van der Waals surface area contributed by atoms with Crippen LogP contribution >= 0.6 is 0 Å². The van der Waals surface area contributed by atoms with Crippen LogP contribution in [-0.2, 0) is 42.8 Å². The number of ether oxygens (including phenoxy) is 6. The highest BCUT2D eigenvalue weighted by Crippen LogP contribution is 2.31. The summed E-state index contributed by atoms with van der Waals surface area (Å²) >= 11 is 0. The van der Waals surface area contributed by atoms with Gasteiger partial charge in [0.2, 0.25) is 0 Å². The van der Waals surface area contributed by atoms with Crippen molar-refractivity contribution in [3.8, 4) is 0 Å². The van der Waals surface area contributed by atoms with Crippen LogP contribution in [0.25, 0.3) is 0 Å². The van der Waals surface area contributed by atoms with Crippen molar-refractivity contribution in [2.45, 2.75) is 159 Å². The number of carbonyl (C=O) groups excluding carboxylic acids is 3. The van der Waals surface area contributed by atoms with Gasteiger partial charge in [-0.1, -0.05) is 57.1 Å². The number of esters is 2. The molecule has 5 N–H and O–H groups in total. The fourth-order valence-electron chi connectivity index (χ4n) is 5.29. The first-order valence-electron chi connectivity index (χ1n) is 16.3. The molecular formula is C32H54O14. The molecule has 2 saturated heterocycles. The highest BCUT2D eigenvalue weighted by Gasteiger charge is 2.51. The molecule has 0 spiro atoms. The minimum atomic E-state index is -1.78. The minimum absolute atomic E-state index is 0.373. The Balaban J connectivity index is 1.95. The molecule has 2 rings (SSSR count). The molecule has 0 bridgehead atoms. The Morgan fingerprint density at radius 3 is 1.67 bits per heavy atom. The number of carbonyl (C=O) groups is 3. The van der Waals surface area contributed by atoms with Gasteiger partial charge in [-0.25, -0.2) is 0 Å². The summed E-state index contributed by atoms with van der Waals surface area (Å²) in [6.45, 7) is 3.27. The Morgan fingerprint density at radius 1 is 0.674 bits per heavy atom. The standard InChI is InChI=1S/C32H54O14/c1-20(16-14-12-10-8-6-4-5-7-9-11-13-15-17-33)43-32-30(28(39)26(37)24(45-32)19-42-22(3)35)46-31-29(40)27(38)25(36)23(44-31)18-41-21(2)34/h14,16-17,20,23-32,36-40H,4-13,15,18-19H2,1-3H3/b16-14+/t20?,23-,24-,25-,26-,27+,28+,29-,30-,31+,32-/m1/s1. The molecule has 2 aliphatic heterocycles. The molecule has 2 heterocycles. The van der Waals surface area contributed by atoms with Crippen LogP contribution in [-0.4, -0.2) is 124 Å². The summed E-state index contributed by atoms with van der Waals surface area (Å²) in [5.41, 5.74) is 0. The number of rotatable bonds is 21. The average molecular weight is 663 g/mol. The molecule has 0 aromatic carbocycles. The predicted molar refractivity (Wildman–Crippen MR) is 162 cm³/mol. The van der Waals surface area contributed by atoms with E-state index >= 15 is 0 Å². The lowest BCUT2D eigenvalue weighted by molar-refractivity contribution is -0.369. The quantitative estimate of drug-likeness (QED) is 0.0507. The third kappa shape index (κ3) is 14.0. The van der Waals surface area contributed by atoms with Crippen molar-refractivity contribution < 1.29 is 68.3 Å². The van der Waals surface area contributed by atoms with Gasteiger partial charge in [0.1, 0.15) is 68.3 Å². The third-order valence-electron chi connectivity index (χ3n) is 7.95. The van der Waals surface area contributed by atoms with E-state index in [1.54, 1.807) is 6.92 Å². The molecule has 2 aliphatic rings. The molecule has 46 heavy (non-hydrogen) atoms. The zero-order valence-corrected chi connectivity index (χ0v) is 27.2. The van der Waals surface area contributed by atoms with Crippen molar-refractivity contribution in [2.24, 2.45) is 0 Å². The van der Waals surface area contributed by atoms with E-state index in [1.165, 1.54) is 32.6 Å². The van der Waals surface area contributed by atoms with Crippen LogP contribution in [0.2, 0.25) is 0 Å². The van der Waals surface area contributed by atoms with Crippen LogP contribution in [0.1, 0.15) is 91.4 Å². The maximum Gasteiger partial charge on any atom is 0.302 e. The van der Waals surface area contributed by atoms with Gasteiger partial charge in [0.15, 0.2) is 12.6 Å². The SMILES string of the molecule is CC(=O)OC[C@H]1O[C@@H](O[C@H]2[C@H](OC(C)/C=C/CCCCCCCCCCCC=O)O[C@H](COC(C)=O)[C@@H](O)[C@@H]2O)[C@H](O)[C@@H](O)[C@@H]1O. The number of hydrogen-bond donors (Lipinski definition) is 5. The summed E-state index contributed by atoms with van der Waals surface area (Å²) in [4.78, 5) is 33.0. The number of aliphatic hydroxyl groups excluding tert-OH is 5. The lowest BCUT2D eigenvalue weighted by Crippen LogP contribution is -2.65. The van der Waals surface area contributed by atoms with Crippen LogP contribution in [0.3, 0.4) is 0 Å². The van der Waals surface area contributed by atoms with E-state index < -0.39 is 86.1 Å². The van der Waals surface area contributed by atoms with E-state index in [0.717, 1.165) is 51.7 Å². The molecule has 0 aliphatic carbocycles. The summed E-state index contributed by atoms with van der Waals surface area (Å²) < 4.78 is 33.1. The third-order valence-corrected chi connectivity index (χ3v) is 7.95. The van der Waals surface area contributed by atoms with Gasteiger partial charge >= 0.3 is 11.9 Å². The van der Waals surface area contributed by atoms with Crippen molar-refractivity contribution in [2.75, 3.05) is 13.2 Å². The summed E-state index contributed by atoms with van der Waals surface area (Å²) in [5, 5.41) is 53.0. The van der Waals surface area contributed by atoms with Crippen molar-refractivity contribution in [1.82, 2.24) is 0 Å². The van der Waals surface area contributed by atoms with Gasteiger partial charge in [0, 0.05) is 20.3 Å². The molecule has 14 heteroatoms. The number of allylic oxidation sites excluding steroid dienone is 1. The molecule has 0 aromatic rings. The first-order valence-corrected chi connectivity index (χ1v) is 16.3. The Bertz CT molecular complexity index is 915. The maximum atomic E-state index is 11.4. The van der Waals surface area contributed by atoms with E-state index in [0.29, 0.717) is 6.42 Å². The molecule has 0 radical (unpaired) electrons. The van der Waals surface area contributed by atoms with Crippen molar-refractivity contribution in [1.29, 1.82) is 0 Å². The molecular weight excluding hydrogens is 608 g/mol. The first-order chi connectivity index (χ1) is 22.0. The predicted octanol–water partition coefficient (Wildman–Crippen LogP) is 1.20. The van der Waals surface area contributed by atoms with Crippen LogP contribution < -0.4 is 0 Å². The number of aldehydes is 1. The molecule has 1 unspecified atom stereocenters. The van der Waals surface area contributed by atoms with Gasteiger partial charge in [0.05, 0.1) is 6.10 Å². The largest absolute Gasteiger partial charge is 0.463 e. The second-order valence-corrected chi connectivity index (χ2v) is 11.9. The molecule has 0 aromatic heterocycles. The summed E-state index contributed by atoms with van der Waals surface area (Å²) in [5.74, 6) is -1.27. The van der Waals surface area contributed by atoms with Crippen LogP contribution in [0, 0.1) is 0 Å². The highest BCUT2D eigenvalue weighted by molar-refractivity contribution is 5.66.